The molecule has 1 saturated heterocycles. The molecule has 0 saturated carbocycles. The van der Waals surface area contributed by atoms with Gasteiger partial charge in [0, 0.05) is 36.7 Å². The highest BCUT2D eigenvalue weighted by Crippen LogP contribution is 2.29. The van der Waals surface area contributed by atoms with E-state index < -0.39 is 0 Å². The van der Waals surface area contributed by atoms with Gasteiger partial charge >= 0.3 is 0 Å². The van der Waals surface area contributed by atoms with Gasteiger partial charge in [0.25, 0.3) is 0 Å². The van der Waals surface area contributed by atoms with E-state index in [1.165, 1.54) is 24.3 Å². The Hall–Kier alpha value is -3.36. The lowest BCUT2D eigenvalue weighted by molar-refractivity contribution is -0.119. The number of halogens is 1. The molecule has 2 heterocycles. The molecule has 31 heavy (non-hydrogen) atoms. The Balaban J connectivity index is 1.45. The number of methoxy groups -OCH3 is 1. The number of morpholine rings is 1. The largest absolute Gasteiger partial charge is 0.497 e. The summed E-state index contributed by atoms with van der Waals surface area (Å²) in [6.45, 7) is 1.83. The highest BCUT2D eigenvalue weighted by Gasteiger charge is 2.27. The van der Waals surface area contributed by atoms with Crippen LogP contribution in [0.25, 0.3) is 11.3 Å². The van der Waals surface area contributed by atoms with E-state index in [2.05, 4.69) is 15.3 Å². The summed E-state index contributed by atoms with van der Waals surface area (Å²) in [6.07, 6.45) is 2.99. The van der Waals surface area contributed by atoms with Gasteiger partial charge in [-0.3, -0.25) is 19.7 Å². The summed E-state index contributed by atoms with van der Waals surface area (Å²) >= 11 is 0. The second-order valence-electron chi connectivity index (χ2n) is 7.17. The van der Waals surface area contributed by atoms with Crippen LogP contribution in [-0.4, -0.2) is 54.1 Å². The number of nitrogens with one attached hydrogen (secondary N) is 1. The van der Waals surface area contributed by atoms with Crippen molar-refractivity contribution in [1.82, 2.24) is 14.9 Å². The Kier molecular flexibility index (Phi) is 6.49. The number of nitrogens with zero attached hydrogens (tertiary/aromatic N) is 3. The molecule has 1 atom stereocenters. The van der Waals surface area contributed by atoms with Gasteiger partial charge in [-0.1, -0.05) is 0 Å². The maximum absolute atomic E-state index is 13.0. The summed E-state index contributed by atoms with van der Waals surface area (Å²) in [5.41, 5.74) is 2.95. The summed E-state index contributed by atoms with van der Waals surface area (Å²) in [5, 5.41) is 2.79. The van der Waals surface area contributed by atoms with Crippen molar-refractivity contribution in [3.8, 4) is 17.0 Å². The molecule has 0 aliphatic carbocycles. The first-order valence-corrected chi connectivity index (χ1v) is 9.97. The summed E-state index contributed by atoms with van der Waals surface area (Å²) in [6, 6.07) is 13.3. The third-order valence-electron chi connectivity index (χ3n) is 5.04. The molecule has 1 amide bonds. The monoisotopic (exact) mass is 422 g/mol. The Morgan fingerprint density at radius 1 is 1.16 bits per heavy atom. The van der Waals surface area contributed by atoms with E-state index in [0.29, 0.717) is 25.4 Å². The molecule has 8 heteroatoms. The van der Waals surface area contributed by atoms with Crippen molar-refractivity contribution < 1.29 is 18.7 Å². The lowest BCUT2D eigenvalue weighted by Gasteiger charge is -2.32. The minimum absolute atomic E-state index is 0.165. The van der Waals surface area contributed by atoms with Gasteiger partial charge in [0.15, 0.2) is 0 Å². The van der Waals surface area contributed by atoms with Gasteiger partial charge in [0.05, 0.1) is 31.6 Å². The van der Waals surface area contributed by atoms with Gasteiger partial charge in [0.2, 0.25) is 5.91 Å². The van der Waals surface area contributed by atoms with E-state index in [1.54, 1.807) is 19.5 Å². The molecule has 1 aromatic heterocycles. The molecule has 0 unspecified atom stereocenters. The molecule has 3 aromatic rings. The number of hydrogen-bond donors (Lipinski definition) is 1. The first-order chi connectivity index (χ1) is 15.1. The molecule has 2 aromatic carbocycles. The Morgan fingerprint density at radius 3 is 2.65 bits per heavy atom. The smallest absolute Gasteiger partial charge is 0.238 e. The first kappa shape index (κ1) is 20.9. The molecule has 1 aliphatic rings. The number of hydrogen-bond acceptors (Lipinski definition) is 6. The minimum Gasteiger partial charge on any atom is -0.497 e. The lowest BCUT2D eigenvalue weighted by Crippen LogP contribution is -2.42. The van der Waals surface area contributed by atoms with Crippen molar-refractivity contribution in [2.45, 2.75) is 6.10 Å². The number of rotatable bonds is 6. The van der Waals surface area contributed by atoms with Gasteiger partial charge in [-0.05, 0) is 48.5 Å². The van der Waals surface area contributed by atoms with Gasteiger partial charge in [-0.15, -0.1) is 0 Å². The third kappa shape index (κ3) is 5.22. The SMILES string of the molecule is COc1ccc(-c2nccnc2[C@@H]2CN(CC(=O)Nc3ccc(F)cc3)CCO2)cc1. The predicted octanol–water partition coefficient (Wildman–Crippen LogP) is 3.30. The average Bonchev–Trinajstić information content (AvgIpc) is 2.81. The zero-order chi connectivity index (χ0) is 21.6. The zero-order valence-electron chi connectivity index (χ0n) is 17.1. The van der Waals surface area contributed by atoms with Crippen LogP contribution in [-0.2, 0) is 9.53 Å². The standard InChI is InChI=1S/C23H23FN4O3/c1-30-19-8-2-16(3-9-19)22-23(26-11-10-25-22)20-14-28(12-13-31-20)15-21(29)27-18-6-4-17(24)5-7-18/h2-11,20H,12-15H2,1H3,(H,27,29)/t20-/m0/s1. The van der Waals surface area contributed by atoms with Crippen molar-refractivity contribution in [2.75, 3.05) is 38.7 Å². The van der Waals surface area contributed by atoms with E-state index in [-0.39, 0.29) is 24.4 Å². The van der Waals surface area contributed by atoms with Gasteiger partial charge in [-0.2, -0.15) is 0 Å². The summed E-state index contributed by atoms with van der Waals surface area (Å²) < 4.78 is 24.2. The van der Waals surface area contributed by atoms with E-state index in [9.17, 15) is 9.18 Å². The predicted molar refractivity (Wildman–Crippen MR) is 114 cm³/mol. The average molecular weight is 422 g/mol. The summed E-state index contributed by atoms with van der Waals surface area (Å²) in [5.74, 6) is 0.258. The summed E-state index contributed by atoms with van der Waals surface area (Å²) in [4.78, 5) is 23.5. The highest BCUT2D eigenvalue weighted by molar-refractivity contribution is 5.92. The van der Waals surface area contributed by atoms with Gasteiger partial charge < -0.3 is 14.8 Å². The number of ether oxygens (including phenoxy) is 2. The molecular formula is C23H23FN4O3. The second-order valence-corrected chi connectivity index (χ2v) is 7.17. The Bertz CT molecular complexity index is 1030. The first-order valence-electron chi connectivity index (χ1n) is 9.97. The summed E-state index contributed by atoms with van der Waals surface area (Å²) in [7, 11) is 1.62. The quantitative estimate of drug-likeness (QED) is 0.657. The third-order valence-corrected chi connectivity index (χ3v) is 5.04. The lowest BCUT2D eigenvalue weighted by atomic mass is 10.0. The van der Waals surface area contributed by atoms with Crippen molar-refractivity contribution in [3.05, 3.63) is 72.4 Å². The van der Waals surface area contributed by atoms with Crippen molar-refractivity contribution in [3.63, 3.8) is 0 Å². The molecular weight excluding hydrogens is 399 g/mol. The molecule has 0 radical (unpaired) electrons. The fraction of sp³-hybridized carbons (Fsp3) is 0.261. The van der Waals surface area contributed by atoms with Gasteiger partial charge in [0.1, 0.15) is 17.7 Å². The number of carbonyl (C=O) groups excluding carboxylic acids is 1. The number of aromatic nitrogens is 2. The van der Waals surface area contributed by atoms with Crippen molar-refractivity contribution in [1.29, 1.82) is 0 Å². The number of carbonyl (C=O) groups is 1. The van der Waals surface area contributed by atoms with Crippen LogP contribution in [0, 0.1) is 5.82 Å². The van der Waals surface area contributed by atoms with Crippen LogP contribution >= 0.6 is 0 Å². The van der Waals surface area contributed by atoms with Crippen LogP contribution in [0.1, 0.15) is 11.8 Å². The fourth-order valence-electron chi connectivity index (χ4n) is 3.50. The molecule has 7 nitrogen and oxygen atoms in total. The topological polar surface area (TPSA) is 76.6 Å². The minimum atomic E-state index is -0.342. The van der Waals surface area contributed by atoms with Gasteiger partial charge in [-0.25, -0.2) is 4.39 Å². The Morgan fingerprint density at radius 2 is 1.90 bits per heavy atom. The molecule has 4 rings (SSSR count). The maximum atomic E-state index is 13.0. The highest BCUT2D eigenvalue weighted by atomic mass is 19.1. The van der Waals surface area contributed by atoms with Crippen LogP contribution in [0.5, 0.6) is 5.75 Å². The molecule has 1 N–H and O–H groups in total. The molecule has 1 aliphatic heterocycles. The van der Waals surface area contributed by atoms with Crippen LogP contribution in [0.4, 0.5) is 10.1 Å². The number of amides is 1. The number of anilines is 1. The van der Waals surface area contributed by atoms with Crippen LogP contribution in [0.2, 0.25) is 0 Å². The molecule has 0 bridgehead atoms. The maximum Gasteiger partial charge on any atom is 0.238 e. The van der Waals surface area contributed by atoms with Crippen LogP contribution in [0.3, 0.4) is 0 Å². The number of benzene rings is 2. The fourth-order valence-corrected chi connectivity index (χ4v) is 3.50. The second kappa shape index (κ2) is 9.63. The van der Waals surface area contributed by atoms with Crippen molar-refractivity contribution in [2.24, 2.45) is 0 Å². The molecule has 1 fully saturated rings. The zero-order valence-corrected chi connectivity index (χ0v) is 17.1. The normalized spacial score (nSPS) is 16.6. The molecule has 0 spiro atoms. The van der Waals surface area contributed by atoms with Crippen LogP contribution in [0.15, 0.2) is 60.9 Å². The van der Waals surface area contributed by atoms with E-state index >= 15 is 0 Å². The van der Waals surface area contributed by atoms with E-state index in [4.69, 9.17) is 9.47 Å². The van der Waals surface area contributed by atoms with E-state index in [1.807, 2.05) is 29.2 Å². The van der Waals surface area contributed by atoms with E-state index in [0.717, 1.165) is 22.7 Å². The Labute approximate surface area is 179 Å². The van der Waals surface area contributed by atoms with Crippen LogP contribution < -0.4 is 10.1 Å². The van der Waals surface area contributed by atoms with Crippen molar-refractivity contribution >= 4 is 11.6 Å². The molecule has 160 valence electrons.